The second kappa shape index (κ2) is 5.44. The molecular formula is C14H17F3N2O. The summed E-state index contributed by atoms with van der Waals surface area (Å²) in [6.45, 7) is 2.62. The van der Waals surface area contributed by atoms with E-state index in [0.717, 1.165) is 6.07 Å². The Kier molecular flexibility index (Phi) is 4.04. The fourth-order valence-electron chi connectivity index (χ4n) is 2.56. The average Bonchev–Trinajstić information content (AvgIpc) is 2.66. The Hall–Kier alpha value is -1.56. The summed E-state index contributed by atoms with van der Waals surface area (Å²) in [6.07, 6.45) is -4.00. The van der Waals surface area contributed by atoms with Crippen LogP contribution in [0.1, 0.15) is 30.5 Å². The van der Waals surface area contributed by atoms with Crippen molar-refractivity contribution < 1.29 is 18.0 Å². The highest BCUT2D eigenvalue weighted by atomic mass is 19.4. The predicted molar refractivity (Wildman–Crippen MR) is 68.7 cm³/mol. The van der Waals surface area contributed by atoms with Gasteiger partial charge in [-0.3, -0.25) is 4.79 Å². The SMILES string of the molecule is CC1CC(=O)N(CC(N)c2ccccc2C(F)(F)F)C1. The molecule has 1 saturated heterocycles. The molecule has 0 aromatic heterocycles. The number of hydrogen-bond acceptors (Lipinski definition) is 2. The molecule has 0 radical (unpaired) electrons. The van der Waals surface area contributed by atoms with Crippen LogP contribution >= 0.6 is 0 Å². The predicted octanol–water partition coefficient (Wildman–Crippen LogP) is 2.57. The molecule has 2 rings (SSSR count). The molecule has 0 bridgehead atoms. The monoisotopic (exact) mass is 286 g/mol. The lowest BCUT2D eigenvalue weighted by Gasteiger charge is -2.23. The Bertz CT molecular complexity index is 501. The molecule has 2 atom stereocenters. The van der Waals surface area contributed by atoms with E-state index in [0.29, 0.717) is 13.0 Å². The summed E-state index contributed by atoms with van der Waals surface area (Å²) < 4.78 is 38.8. The number of nitrogens with zero attached hydrogens (tertiary/aromatic N) is 1. The Morgan fingerprint density at radius 1 is 1.40 bits per heavy atom. The summed E-state index contributed by atoms with van der Waals surface area (Å²) in [5, 5.41) is 0. The maximum absolute atomic E-state index is 12.9. The normalized spacial score (nSPS) is 21.4. The smallest absolute Gasteiger partial charge is 0.341 e. The van der Waals surface area contributed by atoms with E-state index >= 15 is 0 Å². The third-order valence-corrected chi connectivity index (χ3v) is 3.49. The molecule has 1 amide bonds. The Morgan fingerprint density at radius 3 is 2.60 bits per heavy atom. The van der Waals surface area contributed by atoms with Gasteiger partial charge in [-0.15, -0.1) is 0 Å². The van der Waals surface area contributed by atoms with Crippen LogP contribution in [0.25, 0.3) is 0 Å². The van der Waals surface area contributed by atoms with Gasteiger partial charge in [0.2, 0.25) is 5.91 Å². The standard InChI is InChI=1S/C14H17F3N2O/c1-9-6-13(20)19(7-9)8-12(18)10-4-2-3-5-11(10)14(15,16)17/h2-5,9,12H,6-8,18H2,1H3. The number of alkyl halides is 3. The topological polar surface area (TPSA) is 46.3 Å². The van der Waals surface area contributed by atoms with E-state index in [1.54, 1.807) is 4.90 Å². The molecule has 0 spiro atoms. The van der Waals surface area contributed by atoms with Crippen molar-refractivity contribution in [3.63, 3.8) is 0 Å². The molecule has 6 heteroatoms. The molecule has 0 aliphatic carbocycles. The van der Waals surface area contributed by atoms with Crippen LogP contribution in [0.15, 0.2) is 24.3 Å². The van der Waals surface area contributed by atoms with Crippen LogP contribution in [0.3, 0.4) is 0 Å². The maximum Gasteiger partial charge on any atom is 0.416 e. The van der Waals surface area contributed by atoms with Gasteiger partial charge in [0.05, 0.1) is 5.56 Å². The first kappa shape index (κ1) is 14.8. The highest BCUT2D eigenvalue weighted by Crippen LogP contribution is 2.34. The molecule has 0 saturated carbocycles. The Balaban J connectivity index is 2.18. The van der Waals surface area contributed by atoms with Gasteiger partial charge in [-0.05, 0) is 17.5 Å². The number of rotatable bonds is 3. The molecule has 1 aromatic rings. The number of halogens is 3. The minimum absolute atomic E-state index is 0.0346. The van der Waals surface area contributed by atoms with Crippen LogP contribution in [0.5, 0.6) is 0 Å². The van der Waals surface area contributed by atoms with Crippen LogP contribution in [0.4, 0.5) is 13.2 Å². The summed E-state index contributed by atoms with van der Waals surface area (Å²) in [6, 6.07) is 4.42. The summed E-state index contributed by atoms with van der Waals surface area (Å²) in [7, 11) is 0. The minimum atomic E-state index is -4.43. The van der Waals surface area contributed by atoms with Gasteiger partial charge in [-0.2, -0.15) is 13.2 Å². The molecule has 2 unspecified atom stereocenters. The van der Waals surface area contributed by atoms with Crippen molar-refractivity contribution in [3.8, 4) is 0 Å². The number of nitrogens with two attached hydrogens (primary N) is 1. The van der Waals surface area contributed by atoms with E-state index in [-0.39, 0.29) is 23.9 Å². The highest BCUT2D eigenvalue weighted by molar-refractivity contribution is 5.78. The van der Waals surface area contributed by atoms with Crippen molar-refractivity contribution in [1.29, 1.82) is 0 Å². The number of hydrogen-bond donors (Lipinski definition) is 1. The van der Waals surface area contributed by atoms with Crippen LogP contribution in [-0.2, 0) is 11.0 Å². The van der Waals surface area contributed by atoms with Gasteiger partial charge >= 0.3 is 6.18 Å². The lowest BCUT2D eigenvalue weighted by molar-refractivity contribution is -0.138. The fourth-order valence-corrected chi connectivity index (χ4v) is 2.56. The van der Waals surface area contributed by atoms with Crippen LogP contribution in [0.2, 0.25) is 0 Å². The fraction of sp³-hybridized carbons (Fsp3) is 0.500. The Morgan fingerprint density at radius 2 is 2.05 bits per heavy atom. The summed E-state index contributed by atoms with van der Waals surface area (Å²) in [4.78, 5) is 13.2. The largest absolute Gasteiger partial charge is 0.416 e. The van der Waals surface area contributed by atoms with Crippen molar-refractivity contribution in [2.75, 3.05) is 13.1 Å². The molecule has 2 N–H and O–H groups in total. The first-order valence-corrected chi connectivity index (χ1v) is 6.48. The van der Waals surface area contributed by atoms with Gasteiger partial charge in [0.25, 0.3) is 0 Å². The number of likely N-dealkylation sites (tertiary alicyclic amines) is 1. The quantitative estimate of drug-likeness (QED) is 0.928. The summed E-state index contributed by atoms with van der Waals surface area (Å²) in [5.74, 6) is 0.185. The Labute approximate surface area is 115 Å². The van der Waals surface area contributed by atoms with Gasteiger partial charge < -0.3 is 10.6 Å². The lowest BCUT2D eigenvalue weighted by Crippen LogP contribution is -2.34. The van der Waals surface area contributed by atoms with Crippen LogP contribution in [-0.4, -0.2) is 23.9 Å². The number of carbonyl (C=O) groups excluding carboxylic acids is 1. The molecule has 3 nitrogen and oxygen atoms in total. The van der Waals surface area contributed by atoms with Gasteiger partial charge in [-0.25, -0.2) is 0 Å². The van der Waals surface area contributed by atoms with E-state index in [4.69, 9.17) is 5.73 Å². The van der Waals surface area contributed by atoms with E-state index in [9.17, 15) is 18.0 Å². The summed E-state index contributed by atoms with van der Waals surface area (Å²) in [5.41, 5.74) is 5.19. The second-order valence-corrected chi connectivity index (χ2v) is 5.30. The molecule has 1 aliphatic rings. The molecule has 110 valence electrons. The molecule has 1 aliphatic heterocycles. The van der Waals surface area contributed by atoms with Crippen molar-refractivity contribution in [1.82, 2.24) is 4.90 Å². The molecule has 1 fully saturated rings. The van der Waals surface area contributed by atoms with E-state index < -0.39 is 17.8 Å². The zero-order valence-corrected chi connectivity index (χ0v) is 11.2. The molecule has 1 aromatic carbocycles. The summed E-state index contributed by atoms with van der Waals surface area (Å²) >= 11 is 0. The first-order valence-electron chi connectivity index (χ1n) is 6.48. The molecular weight excluding hydrogens is 269 g/mol. The van der Waals surface area contributed by atoms with Crippen molar-refractivity contribution in [2.45, 2.75) is 25.6 Å². The second-order valence-electron chi connectivity index (χ2n) is 5.30. The number of amides is 1. The lowest BCUT2D eigenvalue weighted by atomic mass is 10.00. The van der Waals surface area contributed by atoms with Crippen molar-refractivity contribution >= 4 is 5.91 Å². The zero-order chi connectivity index (χ0) is 14.9. The zero-order valence-electron chi connectivity index (χ0n) is 11.2. The van der Waals surface area contributed by atoms with Crippen LogP contribution in [0, 0.1) is 5.92 Å². The number of benzene rings is 1. The highest BCUT2D eigenvalue weighted by Gasteiger charge is 2.35. The van der Waals surface area contributed by atoms with Gasteiger partial charge in [0.1, 0.15) is 0 Å². The number of carbonyl (C=O) groups is 1. The van der Waals surface area contributed by atoms with Gasteiger partial charge in [-0.1, -0.05) is 25.1 Å². The first-order chi connectivity index (χ1) is 9.29. The third kappa shape index (κ3) is 3.12. The van der Waals surface area contributed by atoms with Crippen molar-refractivity contribution in [2.24, 2.45) is 11.7 Å². The maximum atomic E-state index is 12.9. The van der Waals surface area contributed by atoms with E-state index in [1.807, 2.05) is 6.92 Å². The van der Waals surface area contributed by atoms with Crippen LogP contribution < -0.4 is 5.73 Å². The average molecular weight is 286 g/mol. The van der Waals surface area contributed by atoms with Crippen molar-refractivity contribution in [3.05, 3.63) is 35.4 Å². The van der Waals surface area contributed by atoms with E-state index in [2.05, 4.69) is 0 Å². The molecule has 20 heavy (non-hydrogen) atoms. The van der Waals surface area contributed by atoms with Gasteiger partial charge in [0.15, 0.2) is 0 Å². The molecule has 1 heterocycles. The van der Waals surface area contributed by atoms with E-state index in [1.165, 1.54) is 18.2 Å². The minimum Gasteiger partial charge on any atom is -0.341 e. The van der Waals surface area contributed by atoms with Gasteiger partial charge in [0, 0.05) is 25.6 Å². The third-order valence-electron chi connectivity index (χ3n) is 3.49.